The second-order valence-corrected chi connectivity index (χ2v) is 5.35. The van der Waals surface area contributed by atoms with E-state index in [0.29, 0.717) is 6.42 Å². The van der Waals surface area contributed by atoms with Crippen LogP contribution in [-0.4, -0.2) is 34.5 Å². The van der Waals surface area contributed by atoms with Crippen LogP contribution in [0, 0.1) is 5.92 Å². The second kappa shape index (κ2) is 5.21. The van der Waals surface area contributed by atoms with Crippen LogP contribution in [0.3, 0.4) is 0 Å². The van der Waals surface area contributed by atoms with Gasteiger partial charge in [0.1, 0.15) is 5.60 Å². The summed E-state index contributed by atoms with van der Waals surface area (Å²) in [7, 11) is 0. The van der Waals surface area contributed by atoms with Gasteiger partial charge in [-0.2, -0.15) is 0 Å². The summed E-state index contributed by atoms with van der Waals surface area (Å²) in [5.41, 5.74) is 0.158. The molecule has 1 N–H and O–H groups in total. The third kappa shape index (κ3) is 2.62. The summed E-state index contributed by atoms with van der Waals surface area (Å²) in [6, 6.07) is 10.3. The first-order valence-electron chi connectivity index (χ1n) is 6.52. The number of aliphatic hydroxyl groups is 1. The van der Waals surface area contributed by atoms with E-state index in [1.165, 1.54) is 12.5 Å². The number of carbonyl (C=O) groups excluding carboxylic acids is 1. The Morgan fingerprint density at radius 3 is 2.67 bits per heavy atom. The number of benzene rings is 1. The van der Waals surface area contributed by atoms with Gasteiger partial charge < -0.3 is 5.11 Å². The summed E-state index contributed by atoms with van der Waals surface area (Å²) >= 11 is 0. The molecule has 0 aliphatic carbocycles. The molecule has 0 amide bonds. The summed E-state index contributed by atoms with van der Waals surface area (Å²) in [5.74, 6) is -0.109. The second-order valence-electron chi connectivity index (χ2n) is 5.35. The van der Waals surface area contributed by atoms with E-state index in [2.05, 4.69) is 17.0 Å². The summed E-state index contributed by atoms with van der Waals surface area (Å²) in [5, 5.41) is 10.3. The average Bonchev–Trinajstić information content (AvgIpc) is 2.35. The first kappa shape index (κ1) is 13.2. The predicted molar refractivity (Wildman–Crippen MR) is 71.1 cm³/mol. The largest absolute Gasteiger partial charge is 0.382 e. The van der Waals surface area contributed by atoms with Gasteiger partial charge in [0.25, 0.3) is 0 Å². The van der Waals surface area contributed by atoms with Crippen LogP contribution in [0.5, 0.6) is 0 Å². The standard InChI is InChI=1S/C15H21NO2/c1-12-10-16(9-8-15(12,18)13(2)17)11-14-6-4-3-5-7-14/h3-7,12,18H,8-11H2,1-2H3. The van der Waals surface area contributed by atoms with E-state index in [4.69, 9.17) is 0 Å². The number of likely N-dealkylation sites (tertiary alicyclic amines) is 1. The SMILES string of the molecule is CC(=O)C1(O)CCN(Cc2ccccc2)CC1C. The van der Waals surface area contributed by atoms with Crippen molar-refractivity contribution in [1.82, 2.24) is 4.90 Å². The Morgan fingerprint density at radius 1 is 1.44 bits per heavy atom. The molecule has 98 valence electrons. The van der Waals surface area contributed by atoms with Crippen molar-refractivity contribution in [3.8, 4) is 0 Å². The van der Waals surface area contributed by atoms with Crippen molar-refractivity contribution in [3.63, 3.8) is 0 Å². The highest BCUT2D eigenvalue weighted by molar-refractivity contribution is 5.85. The molecule has 18 heavy (non-hydrogen) atoms. The monoisotopic (exact) mass is 247 g/mol. The molecule has 0 spiro atoms. The van der Waals surface area contributed by atoms with Crippen molar-refractivity contribution in [2.75, 3.05) is 13.1 Å². The fourth-order valence-electron chi connectivity index (χ4n) is 2.71. The normalized spacial score (nSPS) is 29.2. The lowest BCUT2D eigenvalue weighted by molar-refractivity contribution is -0.147. The summed E-state index contributed by atoms with van der Waals surface area (Å²) < 4.78 is 0. The number of rotatable bonds is 3. The van der Waals surface area contributed by atoms with Crippen LogP contribution in [0.1, 0.15) is 25.8 Å². The van der Waals surface area contributed by atoms with Gasteiger partial charge in [0, 0.05) is 25.6 Å². The van der Waals surface area contributed by atoms with Crippen LogP contribution in [-0.2, 0) is 11.3 Å². The molecule has 3 nitrogen and oxygen atoms in total. The van der Waals surface area contributed by atoms with E-state index in [1.807, 2.05) is 25.1 Å². The minimum Gasteiger partial charge on any atom is -0.382 e. The topological polar surface area (TPSA) is 40.5 Å². The van der Waals surface area contributed by atoms with Gasteiger partial charge in [0.05, 0.1) is 0 Å². The lowest BCUT2D eigenvalue weighted by Crippen LogP contribution is -2.54. The lowest BCUT2D eigenvalue weighted by Gasteiger charge is -2.41. The zero-order valence-corrected chi connectivity index (χ0v) is 11.1. The van der Waals surface area contributed by atoms with Crippen molar-refractivity contribution in [2.45, 2.75) is 32.4 Å². The fraction of sp³-hybridized carbons (Fsp3) is 0.533. The van der Waals surface area contributed by atoms with Gasteiger partial charge in [-0.3, -0.25) is 9.69 Å². The van der Waals surface area contributed by atoms with Gasteiger partial charge in [-0.1, -0.05) is 37.3 Å². The Hall–Kier alpha value is -1.19. The number of nitrogens with zero attached hydrogens (tertiary/aromatic N) is 1. The number of Topliss-reactive ketones (excluding diaryl/α,β-unsaturated/α-hetero) is 1. The Morgan fingerprint density at radius 2 is 2.11 bits per heavy atom. The maximum absolute atomic E-state index is 11.5. The van der Waals surface area contributed by atoms with E-state index >= 15 is 0 Å². The Kier molecular flexibility index (Phi) is 3.83. The van der Waals surface area contributed by atoms with Gasteiger partial charge in [0.15, 0.2) is 5.78 Å². The Bertz CT molecular complexity index is 418. The van der Waals surface area contributed by atoms with Crippen LogP contribution >= 0.6 is 0 Å². The van der Waals surface area contributed by atoms with E-state index in [-0.39, 0.29) is 11.7 Å². The third-order valence-electron chi connectivity index (χ3n) is 4.02. The molecule has 0 saturated carbocycles. The minimum absolute atomic E-state index is 0.00698. The first-order chi connectivity index (χ1) is 8.52. The zero-order valence-electron chi connectivity index (χ0n) is 11.1. The van der Waals surface area contributed by atoms with Crippen LogP contribution in [0.25, 0.3) is 0 Å². The number of carbonyl (C=O) groups is 1. The van der Waals surface area contributed by atoms with Crippen molar-refractivity contribution in [3.05, 3.63) is 35.9 Å². The molecular formula is C15H21NO2. The van der Waals surface area contributed by atoms with Crippen molar-refractivity contribution < 1.29 is 9.90 Å². The fourth-order valence-corrected chi connectivity index (χ4v) is 2.71. The van der Waals surface area contributed by atoms with Crippen molar-refractivity contribution >= 4 is 5.78 Å². The van der Waals surface area contributed by atoms with E-state index in [0.717, 1.165) is 19.6 Å². The zero-order chi connectivity index (χ0) is 13.2. The maximum atomic E-state index is 11.5. The molecule has 1 aromatic carbocycles. The highest BCUT2D eigenvalue weighted by atomic mass is 16.3. The van der Waals surface area contributed by atoms with E-state index in [1.54, 1.807) is 0 Å². The summed E-state index contributed by atoms with van der Waals surface area (Å²) in [4.78, 5) is 13.8. The van der Waals surface area contributed by atoms with Gasteiger partial charge >= 0.3 is 0 Å². The quantitative estimate of drug-likeness (QED) is 0.886. The molecule has 1 saturated heterocycles. The van der Waals surface area contributed by atoms with Crippen molar-refractivity contribution in [1.29, 1.82) is 0 Å². The van der Waals surface area contributed by atoms with E-state index < -0.39 is 5.60 Å². The van der Waals surface area contributed by atoms with Crippen LogP contribution in [0.15, 0.2) is 30.3 Å². The van der Waals surface area contributed by atoms with Gasteiger partial charge in [0.2, 0.25) is 0 Å². The Labute approximate surface area is 108 Å². The summed E-state index contributed by atoms with van der Waals surface area (Å²) in [6.45, 7) is 5.88. The molecule has 0 radical (unpaired) electrons. The lowest BCUT2D eigenvalue weighted by atomic mass is 9.79. The molecular weight excluding hydrogens is 226 g/mol. The van der Waals surface area contributed by atoms with Crippen LogP contribution in [0.4, 0.5) is 0 Å². The highest BCUT2D eigenvalue weighted by Crippen LogP contribution is 2.29. The van der Waals surface area contributed by atoms with Gasteiger partial charge in [-0.25, -0.2) is 0 Å². The number of ketones is 1. The Balaban J connectivity index is 1.99. The highest BCUT2D eigenvalue weighted by Gasteiger charge is 2.42. The van der Waals surface area contributed by atoms with Gasteiger partial charge in [-0.15, -0.1) is 0 Å². The third-order valence-corrected chi connectivity index (χ3v) is 4.02. The molecule has 2 rings (SSSR count). The molecule has 2 unspecified atom stereocenters. The first-order valence-corrected chi connectivity index (χ1v) is 6.52. The van der Waals surface area contributed by atoms with Gasteiger partial charge in [-0.05, 0) is 18.9 Å². The van der Waals surface area contributed by atoms with Crippen LogP contribution < -0.4 is 0 Å². The molecule has 2 atom stereocenters. The number of hydrogen-bond donors (Lipinski definition) is 1. The molecule has 1 aliphatic rings. The number of piperidine rings is 1. The molecule has 1 aromatic rings. The molecule has 0 aromatic heterocycles. The molecule has 1 fully saturated rings. The average molecular weight is 247 g/mol. The molecule has 1 heterocycles. The van der Waals surface area contributed by atoms with E-state index in [9.17, 15) is 9.90 Å². The smallest absolute Gasteiger partial charge is 0.161 e. The maximum Gasteiger partial charge on any atom is 0.161 e. The minimum atomic E-state index is -1.12. The predicted octanol–water partition coefficient (Wildman–Crippen LogP) is 1.85. The van der Waals surface area contributed by atoms with Crippen LogP contribution in [0.2, 0.25) is 0 Å². The number of hydrogen-bond acceptors (Lipinski definition) is 3. The molecule has 0 bridgehead atoms. The van der Waals surface area contributed by atoms with Crippen molar-refractivity contribution in [2.24, 2.45) is 5.92 Å². The molecule has 1 aliphatic heterocycles. The summed E-state index contributed by atoms with van der Waals surface area (Å²) in [6.07, 6.45) is 0.538. The molecule has 3 heteroatoms.